The first kappa shape index (κ1) is 17.2. The Balaban J connectivity index is 1.47. The number of amides is 2. The van der Waals surface area contributed by atoms with Crippen molar-refractivity contribution >= 4 is 11.8 Å². The van der Waals surface area contributed by atoms with Crippen LogP contribution in [0.4, 0.5) is 0 Å². The second kappa shape index (κ2) is 6.85. The summed E-state index contributed by atoms with van der Waals surface area (Å²) in [5.74, 6) is 1.36. The van der Waals surface area contributed by atoms with Crippen LogP contribution in [0.2, 0.25) is 0 Å². The Morgan fingerprint density at radius 3 is 2.77 bits per heavy atom. The number of nitrogens with one attached hydrogen (secondary N) is 1. The van der Waals surface area contributed by atoms with E-state index >= 15 is 0 Å². The highest BCUT2D eigenvalue weighted by Gasteiger charge is 2.40. The molecule has 1 aromatic heterocycles. The molecule has 26 heavy (non-hydrogen) atoms. The molecule has 1 saturated carbocycles. The maximum absolute atomic E-state index is 12.8. The van der Waals surface area contributed by atoms with Crippen LogP contribution in [0.25, 0.3) is 0 Å². The van der Waals surface area contributed by atoms with Gasteiger partial charge in [-0.1, -0.05) is 6.92 Å². The van der Waals surface area contributed by atoms with E-state index in [9.17, 15) is 14.4 Å². The third-order valence-corrected chi connectivity index (χ3v) is 5.91. The summed E-state index contributed by atoms with van der Waals surface area (Å²) in [5, 5.41) is 0. The van der Waals surface area contributed by atoms with E-state index in [1.54, 1.807) is 4.90 Å². The van der Waals surface area contributed by atoms with Crippen molar-refractivity contribution in [2.45, 2.75) is 57.4 Å². The van der Waals surface area contributed by atoms with E-state index in [1.807, 2.05) is 4.90 Å². The van der Waals surface area contributed by atoms with E-state index in [0.29, 0.717) is 37.2 Å². The molecule has 2 atom stereocenters. The lowest BCUT2D eigenvalue weighted by Crippen LogP contribution is -2.57. The van der Waals surface area contributed by atoms with Gasteiger partial charge in [-0.3, -0.25) is 14.4 Å². The van der Waals surface area contributed by atoms with Crippen LogP contribution in [-0.4, -0.2) is 57.3 Å². The molecule has 1 aliphatic carbocycles. The Kier molecular flexibility index (Phi) is 4.54. The van der Waals surface area contributed by atoms with E-state index in [1.165, 1.54) is 6.20 Å². The van der Waals surface area contributed by atoms with E-state index < -0.39 is 0 Å². The Morgan fingerprint density at radius 1 is 1.27 bits per heavy atom. The number of nitrogens with zero attached hydrogens (tertiary/aromatic N) is 3. The lowest BCUT2D eigenvalue weighted by atomic mass is 9.83. The number of rotatable bonds is 4. The molecule has 2 unspecified atom stereocenters. The Hall–Kier alpha value is -2.18. The lowest BCUT2D eigenvalue weighted by molar-refractivity contribution is -0.140. The molecular formula is C19H26N4O3. The molecule has 1 N–H and O–H groups in total. The van der Waals surface area contributed by atoms with Crippen LogP contribution < -0.4 is 5.56 Å². The summed E-state index contributed by atoms with van der Waals surface area (Å²) in [5.41, 5.74) is -0.203. The fraction of sp³-hybridized carbons (Fsp3) is 0.684. The predicted molar refractivity (Wildman–Crippen MR) is 95.9 cm³/mol. The third kappa shape index (κ3) is 3.15. The minimum Gasteiger partial charge on any atom is -0.339 e. The van der Waals surface area contributed by atoms with Gasteiger partial charge in [-0.25, -0.2) is 4.98 Å². The summed E-state index contributed by atoms with van der Waals surface area (Å²) in [4.78, 5) is 48.2. The average molecular weight is 358 g/mol. The second-order valence-corrected chi connectivity index (χ2v) is 7.78. The number of piperidine rings is 2. The fourth-order valence-corrected chi connectivity index (χ4v) is 4.36. The number of hydrogen-bond acceptors (Lipinski definition) is 4. The van der Waals surface area contributed by atoms with Gasteiger partial charge in [0, 0.05) is 44.2 Å². The van der Waals surface area contributed by atoms with Gasteiger partial charge in [-0.2, -0.15) is 0 Å². The zero-order valence-electron chi connectivity index (χ0n) is 15.2. The molecule has 3 heterocycles. The maximum atomic E-state index is 12.8. The van der Waals surface area contributed by atoms with Crippen molar-refractivity contribution in [3.8, 4) is 0 Å². The standard InChI is InChI=1S/C19H26N4O3/c1-2-8-23-15-7-9-22(11-13(15)5-6-16(23)24)19(26)14-10-20-17(12-3-4-12)21-18(14)25/h10,12-13,15H,2-9,11H2,1H3,(H,20,21,25). The molecule has 2 amide bonds. The largest absolute Gasteiger partial charge is 0.339 e. The second-order valence-electron chi connectivity index (χ2n) is 7.78. The van der Waals surface area contributed by atoms with Crippen molar-refractivity contribution < 1.29 is 9.59 Å². The molecule has 0 spiro atoms. The van der Waals surface area contributed by atoms with E-state index in [4.69, 9.17) is 0 Å². The van der Waals surface area contributed by atoms with Crippen LogP contribution >= 0.6 is 0 Å². The molecule has 3 aliphatic rings. The SMILES string of the molecule is CCCN1C(=O)CCC2CN(C(=O)c3cnc(C4CC4)[nH]c3=O)CCC21. The normalized spacial score (nSPS) is 26.0. The van der Waals surface area contributed by atoms with Crippen LogP contribution in [0.1, 0.15) is 67.5 Å². The minimum atomic E-state index is -0.333. The highest BCUT2D eigenvalue weighted by atomic mass is 16.2. The van der Waals surface area contributed by atoms with Crippen LogP contribution in [0, 0.1) is 5.92 Å². The highest BCUT2D eigenvalue weighted by molar-refractivity contribution is 5.93. The summed E-state index contributed by atoms with van der Waals surface area (Å²) >= 11 is 0. The summed E-state index contributed by atoms with van der Waals surface area (Å²) in [7, 11) is 0. The summed E-state index contributed by atoms with van der Waals surface area (Å²) in [6.45, 7) is 4.07. The first-order chi connectivity index (χ1) is 12.6. The number of H-pyrrole nitrogens is 1. The number of likely N-dealkylation sites (tertiary alicyclic amines) is 2. The molecule has 0 bridgehead atoms. The Bertz CT molecular complexity index is 770. The molecule has 2 saturated heterocycles. The summed E-state index contributed by atoms with van der Waals surface area (Å²) in [6, 6.07) is 0.230. The predicted octanol–water partition coefficient (Wildman–Crippen LogP) is 1.51. The first-order valence-corrected chi connectivity index (χ1v) is 9.76. The van der Waals surface area contributed by atoms with Crippen molar-refractivity contribution in [3.63, 3.8) is 0 Å². The highest BCUT2D eigenvalue weighted by Crippen LogP contribution is 2.37. The Labute approximate surface area is 152 Å². The average Bonchev–Trinajstić information content (AvgIpc) is 3.48. The summed E-state index contributed by atoms with van der Waals surface area (Å²) in [6.07, 6.45) is 6.66. The molecular weight excluding hydrogens is 332 g/mol. The van der Waals surface area contributed by atoms with Crippen molar-refractivity contribution in [1.82, 2.24) is 19.8 Å². The zero-order valence-corrected chi connectivity index (χ0v) is 15.2. The van der Waals surface area contributed by atoms with Gasteiger partial charge in [0.15, 0.2) is 0 Å². The van der Waals surface area contributed by atoms with E-state index in [2.05, 4.69) is 16.9 Å². The van der Waals surface area contributed by atoms with Crippen molar-refractivity contribution in [1.29, 1.82) is 0 Å². The molecule has 140 valence electrons. The lowest BCUT2D eigenvalue weighted by Gasteiger charge is -2.47. The molecule has 2 aliphatic heterocycles. The number of fused-ring (bicyclic) bond motifs is 1. The molecule has 0 aromatic carbocycles. The van der Waals surface area contributed by atoms with Crippen molar-refractivity contribution in [2.24, 2.45) is 5.92 Å². The third-order valence-electron chi connectivity index (χ3n) is 5.91. The Morgan fingerprint density at radius 2 is 2.08 bits per heavy atom. The topological polar surface area (TPSA) is 86.4 Å². The maximum Gasteiger partial charge on any atom is 0.263 e. The van der Waals surface area contributed by atoms with Crippen LogP contribution in [0.15, 0.2) is 11.0 Å². The van der Waals surface area contributed by atoms with Crippen LogP contribution in [-0.2, 0) is 4.79 Å². The molecule has 7 heteroatoms. The van der Waals surface area contributed by atoms with Gasteiger partial charge in [-0.15, -0.1) is 0 Å². The minimum absolute atomic E-state index is 0.130. The van der Waals surface area contributed by atoms with Crippen molar-refractivity contribution in [3.05, 3.63) is 27.9 Å². The fourth-order valence-electron chi connectivity index (χ4n) is 4.36. The number of carbonyl (C=O) groups excluding carboxylic acids is 2. The van der Waals surface area contributed by atoms with Crippen LogP contribution in [0.5, 0.6) is 0 Å². The molecule has 7 nitrogen and oxygen atoms in total. The first-order valence-electron chi connectivity index (χ1n) is 9.76. The number of carbonyl (C=O) groups is 2. The summed E-state index contributed by atoms with van der Waals surface area (Å²) < 4.78 is 0. The zero-order chi connectivity index (χ0) is 18.3. The van der Waals surface area contributed by atoms with Gasteiger partial charge < -0.3 is 14.8 Å². The number of hydrogen-bond donors (Lipinski definition) is 1. The van der Waals surface area contributed by atoms with E-state index in [-0.39, 0.29) is 29.0 Å². The van der Waals surface area contributed by atoms with Gasteiger partial charge in [-0.05, 0) is 38.0 Å². The van der Waals surface area contributed by atoms with Gasteiger partial charge >= 0.3 is 0 Å². The van der Waals surface area contributed by atoms with Crippen LogP contribution in [0.3, 0.4) is 0 Å². The van der Waals surface area contributed by atoms with E-state index in [0.717, 1.165) is 38.6 Å². The number of aromatic nitrogens is 2. The van der Waals surface area contributed by atoms with Gasteiger partial charge in [0.2, 0.25) is 5.91 Å². The van der Waals surface area contributed by atoms with Gasteiger partial charge in [0.25, 0.3) is 11.5 Å². The molecule has 1 aromatic rings. The molecule has 3 fully saturated rings. The van der Waals surface area contributed by atoms with Gasteiger partial charge in [0.05, 0.1) is 0 Å². The van der Waals surface area contributed by atoms with Gasteiger partial charge in [0.1, 0.15) is 11.4 Å². The molecule has 0 radical (unpaired) electrons. The quantitative estimate of drug-likeness (QED) is 0.884. The van der Waals surface area contributed by atoms with Crippen molar-refractivity contribution in [2.75, 3.05) is 19.6 Å². The monoisotopic (exact) mass is 358 g/mol. The number of aromatic amines is 1. The smallest absolute Gasteiger partial charge is 0.263 e. The molecule has 4 rings (SSSR count).